The first-order valence-electron chi connectivity index (χ1n) is 7.01. The summed E-state index contributed by atoms with van der Waals surface area (Å²) in [5.74, 6) is 0.762. The average Bonchev–Trinajstić information content (AvgIpc) is 2.40. The van der Waals surface area contributed by atoms with Crippen molar-refractivity contribution in [3.8, 4) is 5.88 Å². The van der Waals surface area contributed by atoms with E-state index in [0.717, 1.165) is 48.0 Å². The molecule has 3 rings (SSSR count). The fraction of sp³-hybridized carbons (Fsp3) is 0.438. The molecule has 100 valence electrons. The molecule has 2 unspecified atom stereocenters. The van der Waals surface area contributed by atoms with Gasteiger partial charge in [-0.3, -0.25) is 0 Å². The van der Waals surface area contributed by atoms with Crippen LogP contribution in [0.15, 0.2) is 30.3 Å². The van der Waals surface area contributed by atoms with E-state index in [4.69, 9.17) is 10.5 Å². The molecule has 1 aliphatic carbocycles. The molecule has 1 aliphatic rings. The SMILES string of the molecule is Cc1cc2ccccc2nc1OC1CCCC(N)C1. The third kappa shape index (κ3) is 2.71. The van der Waals surface area contributed by atoms with Gasteiger partial charge in [-0.25, -0.2) is 4.98 Å². The smallest absolute Gasteiger partial charge is 0.217 e. The van der Waals surface area contributed by atoms with Gasteiger partial charge in [0, 0.05) is 17.0 Å². The maximum absolute atomic E-state index is 6.07. The summed E-state index contributed by atoms with van der Waals surface area (Å²) < 4.78 is 6.07. The predicted molar refractivity (Wildman–Crippen MR) is 77.3 cm³/mol. The van der Waals surface area contributed by atoms with Crippen molar-refractivity contribution in [1.29, 1.82) is 0 Å². The van der Waals surface area contributed by atoms with Crippen LogP contribution < -0.4 is 10.5 Å². The Balaban J connectivity index is 1.85. The zero-order chi connectivity index (χ0) is 13.2. The van der Waals surface area contributed by atoms with Gasteiger partial charge in [-0.2, -0.15) is 0 Å². The van der Waals surface area contributed by atoms with E-state index in [1.165, 1.54) is 0 Å². The van der Waals surface area contributed by atoms with Crippen molar-refractivity contribution >= 4 is 10.9 Å². The summed E-state index contributed by atoms with van der Waals surface area (Å²) in [6, 6.07) is 10.6. The number of benzene rings is 1. The molecule has 2 N–H and O–H groups in total. The highest BCUT2D eigenvalue weighted by atomic mass is 16.5. The summed E-state index contributed by atoms with van der Waals surface area (Å²) in [6.45, 7) is 2.05. The third-order valence-electron chi connectivity index (χ3n) is 3.81. The van der Waals surface area contributed by atoms with Gasteiger partial charge in [-0.05, 0) is 44.7 Å². The largest absolute Gasteiger partial charge is 0.474 e. The summed E-state index contributed by atoms with van der Waals surface area (Å²) in [7, 11) is 0. The van der Waals surface area contributed by atoms with Crippen LogP contribution in [-0.2, 0) is 0 Å². The van der Waals surface area contributed by atoms with Crippen molar-refractivity contribution in [2.45, 2.75) is 44.8 Å². The monoisotopic (exact) mass is 256 g/mol. The quantitative estimate of drug-likeness (QED) is 0.897. The number of nitrogens with zero attached hydrogens (tertiary/aromatic N) is 1. The van der Waals surface area contributed by atoms with Crippen LogP contribution in [0, 0.1) is 6.92 Å². The Hall–Kier alpha value is -1.61. The standard InChI is InChI=1S/C16H20N2O/c1-11-9-12-5-2-3-8-15(12)18-16(11)19-14-7-4-6-13(17)10-14/h2-3,5,8-9,13-14H,4,6-7,10,17H2,1H3. The van der Waals surface area contributed by atoms with Crippen molar-refractivity contribution in [3.05, 3.63) is 35.9 Å². The van der Waals surface area contributed by atoms with E-state index in [2.05, 4.69) is 24.0 Å². The van der Waals surface area contributed by atoms with Crippen LogP contribution in [0.1, 0.15) is 31.2 Å². The van der Waals surface area contributed by atoms with Gasteiger partial charge in [0.05, 0.1) is 5.52 Å². The van der Waals surface area contributed by atoms with Crippen LogP contribution in [0.25, 0.3) is 10.9 Å². The van der Waals surface area contributed by atoms with E-state index in [1.807, 2.05) is 18.2 Å². The number of aryl methyl sites for hydroxylation is 1. The van der Waals surface area contributed by atoms with Gasteiger partial charge in [0.15, 0.2) is 0 Å². The highest BCUT2D eigenvalue weighted by Gasteiger charge is 2.21. The number of hydrogen-bond donors (Lipinski definition) is 1. The predicted octanol–water partition coefficient (Wildman–Crippen LogP) is 3.19. The number of ether oxygens (including phenoxy) is 1. The maximum Gasteiger partial charge on any atom is 0.217 e. The first kappa shape index (κ1) is 12.4. The minimum absolute atomic E-state index is 0.219. The Labute approximate surface area is 113 Å². The molecule has 1 saturated carbocycles. The Bertz CT molecular complexity index is 582. The molecular weight excluding hydrogens is 236 g/mol. The first-order chi connectivity index (χ1) is 9.22. The fourth-order valence-corrected chi connectivity index (χ4v) is 2.77. The van der Waals surface area contributed by atoms with Gasteiger partial charge >= 0.3 is 0 Å². The van der Waals surface area contributed by atoms with Crippen LogP contribution in [-0.4, -0.2) is 17.1 Å². The lowest BCUT2D eigenvalue weighted by molar-refractivity contribution is 0.138. The van der Waals surface area contributed by atoms with Crippen LogP contribution in [0.3, 0.4) is 0 Å². The van der Waals surface area contributed by atoms with Gasteiger partial charge in [0.1, 0.15) is 6.10 Å². The molecule has 3 nitrogen and oxygen atoms in total. The third-order valence-corrected chi connectivity index (χ3v) is 3.81. The Morgan fingerprint density at radius 1 is 1.26 bits per heavy atom. The van der Waals surface area contributed by atoms with Gasteiger partial charge in [-0.1, -0.05) is 18.2 Å². The van der Waals surface area contributed by atoms with Crippen molar-refractivity contribution in [3.63, 3.8) is 0 Å². The molecule has 19 heavy (non-hydrogen) atoms. The highest BCUT2D eigenvalue weighted by Crippen LogP contribution is 2.26. The lowest BCUT2D eigenvalue weighted by Gasteiger charge is -2.27. The number of rotatable bonds is 2. The molecule has 1 aromatic carbocycles. The number of fused-ring (bicyclic) bond motifs is 1. The Morgan fingerprint density at radius 3 is 2.95 bits per heavy atom. The summed E-state index contributed by atoms with van der Waals surface area (Å²) in [6.07, 6.45) is 4.51. The van der Waals surface area contributed by atoms with E-state index >= 15 is 0 Å². The normalized spacial score (nSPS) is 23.5. The van der Waals surface area contributed by atoms with Crippen LogP contribution in [0.5, 0.6) is 5.88 Å². The number of pyridine rings is 1. The summed E-state index contributed by atoms with van der Waals surface area (Å²) in [4.78, 5) is 4.63. The summed E-state index contributed by atoms with van der Waals surface area (Å²) in [5.41, 5.74) is 8.09. The molecule has 0 amide bonds. The molecule has 1 heterocycles. The number of nitrogens with two attached hydrogens (primary N) is 1. The molecule has 0 saturated heterocycles. The number of hydrogen-bond acceptors (Lipinski definition) is 3. The van der Waals surface area contributed by atoms with Crippen LogP contribution in [0.4, 0.5) is 0 Å². The molecule has 1 fully saturated rings. The van der Waals surface area contributed by atoms with Crippen molar-refractivity contribution in [1.82, 2.24) is 4.98 Å². The second kappa shape index (κ2) is 5.17. The van der Waals surface area contributed by atoms with Gasteiger partial charge in [-0.15, -0.1) is 0 Å². The van der Waals surface area contributed by atoms with Gasteiger partial charge in [0.2, 0.25) is 5.88 Å². The second-order valence-electron chi connectivity index (χ2n) is 5.47. The molecule has 0 spiro atoms. The maximum atomic E-state index is 6.07. The molecule has 2 atom stereocenters. The molecular formula is C16H20N2O. The molecule has 0 radical (unpaired) electrons. The number of para-hydroxylation sites is 1. The van der Waals surface area contributed by atoms with Crippen molar-refractivity contribution in [2.24, 2.45) is 5.73 Å². The van der Waals surface area contributed by atoms with Gasteiger partial charge in [0.25, 0.3) is 0 Å². The molecule has 1 aromatic heterocycles. The van der Waals surface area contributed by atoms with Crippen LogP contribution in [0.2, 0.25) is 0 Å². The van der Waals surface area contributed by atoms with Crippen LogP contribution >= 0.6 is 0 Å². The lowest BCUT2D eigenvalue weighted by Crippen LogP contribution is -2.34. The van der Waals surface area contributed by atoms with Crippen molar-refractivity contribution in [2.75, 3.05) is 0 Å². The molecule has 0 bridgehead atoms. The molecule has 0 aliphatic heterocycles. The highest BCUT2D eigenvalue weighted by molar-refractivity contribution is 5.79. The minimum Gasteiger partial charge on any atom is -0.474 e. The molecule has 3 heteroatoms. The van der Waals surface area contributed by atoms with E-state index < -0.39 is 0 Å². The van der Waals surface area contributed by atoms with E-state index in [1.54, 1.807) is 0 Å². The van der Waals surface area contributed by atoms with E-state index in [9.17, 15) is 0 Å². The Morgan fingerprint density at radius 2 is 2.11 bits per heavy atom. The zero-order valence-corrected chi connectivity index (χ0v) is 11.3. The Kier molecular flexibility index (Phi) is 3.38. The fourth-order valence-electron chi connectivity index (χ4n) is 2.77. The van der Waals surface area contributed by atoms with Gasteiger partial charge < -0.3 is 10.5 Å². The number of aromatic nitrogens is 1. The summed E-state index contributed by atoms with van der Waals surface area (Å²) in [5, 5.41) is 1.16. The first-order valence-corrected chi connectivity index (χ1v) is 7.01. The second-order valence-corrected chi connectivity index (χ2v) is 5.47. The summed E-state index contributed by atoms with van der Waals surface area (Å²) >= 11 is 0. The molecule has 2 aromatic rings. The topological polar surface area (TPSA) is 48.1 Å². The lowest BCUT2D eigenvalue weighted by atomic mass is 9.93. The van der Waals surface area contributed by atoms with E-state index in [0.29, 0.717) is 0 Å². The van der Waals surface area contributed by atoms with Crippen molar-refractivity contribution < 1.29 is 4.74 Å². The minimum atomic E-state index is 0.219. The zero-order valence-electron chi connectivity index (χ0n) is 11.3. The average molecular weight is 256 g/mol. The van der Waals surface area contributed by atoms with E-state index in [-0.39, 0.29) is 12.1 Å².